The molecule has 2 rings (SSSR count). The van der Waals surface area contributed by atoms with Gasteiger partial charge in [-0.25, -0.2) is 0 Å². The second-order valence-corrected chi connectivity index (χ2v) is 4.93. The first-order valence-electron chi connectivity index (χ1n) is 4.58. The van der Waals surface area contributed by atoms with Crippen molar-refractivity contribution >= 4 is 33.2 Å². The van der Waals surface area contributed by atoms with E-state index in [2.05, 4.69) is 30.6 Å². The second kappa shape index (κ2) is 4.42. The van der Waals surface area contributed by atoms with E-state index in [0.717, 1.165) is 27.4 Å². The van der Waals surface area contributed by atoms with E-state index in [1.807, 2.05) is 14.0 Å². The topological polar surface area (TPSA) is 60.7 Å². The van der Waals surface area contributed by atoms with Crippen LogP contribution in [0.15, 0.2) is 10.7 Å². The summed E-state index contributed by atoms with van der Waals surface area (Å²) in [5, 5.41) is 7.88. The largest absolute Gasteiger partial charge is 0.293 e. The molecule has 0 atom stereocenters. The van der Waals surface area contributed by atoms with Crippen LogP contribution >= 0.6 is 27.5 Å². The van der Waals surface area contributed by atoms with Gasteiger partial charge in [-0.15, -0.1) is 5.10 Å². The Morgan fingerprint density at radius 2 is 2.38 bits per heavy atom. The fourth-order valence-corrected chi connectivity index (χ4v) is 2.33. The molecular weight excluding hydrogens is 292 g/mol. The van der Waals surface area contributed by atoms with Gasteiger partial charge < -0.3 is 0 Å². The minimum atomic E-state index is 0.0127. The molecule has 2 heterocycles. The Hall–Kier alpha value is -1.08. The van der Waals surface area contributed by atoms with E-state index in [-0.39, 0.29) is 5.78 Å². The molecule has 0 fully saturated rings. The van der Waals surface area contributed by atoms with Crippen LogP contribution < -0.4 is 0 Å². The zero-order valence-corrected chi connectivity index (χ0v) is 11.2. The fraction of sp³-hybridized carbons (Fsp3) is 0.333. The van der Waals surface area contributed by atoms with Gasteiger partial charge in [0.05, 0.1) is 28.5 Å². The zero-order valence-electron chi connectivity index (χ0n) is 8.77. The molecule has 0 bridgehead atoms. The summed E-state index contributed by atoms with van der Waals surface area (Å²) in [6.45, 7) is 1.90. The average Bonchev–Trinajstić information content (AvgIpc) is 2.83. The van der Waals surface area contributed by atoms with Crippen LogP contribution in [0.1, 0.15) is 21.1 Å². The second-order valence-electron chi connectivity index (χ2n) is 3.35. The number of aryl methyl sites for hydroxylation is 2. The van der Waals surface area contributed by atoms with Crippen LogP contribution in [0.5, 0.6) is 0 Å². The molecule has 16 heavy (non-hydrogen) atoms. The molecule has 0 aliphatic carbocycles. The smallest absolute Gasteiger partial charge is 0.182 e. The molecular formula is C9H9BrN4OS. The molecule has 7 heteroatoms. The number of hydrogen-bond acceptors (Lipinski definition) is 5. The summed E-state index contributed by atoms with van der Waals surface area (Å²) in [5.74, 6) is 0.0127. The van der Waals surface area contributed by atoms with Crippen molar-refractivity contribution in [3.05, 3.63) is 26.9 Å². The van der Waals surface area contributed by atoms with Gasteiger partial charge in [-0.05, 0) is 34.4 Å². The van der Waals surface area contributed by atoms with Crippen LogP contribution in [0.2, 0.25) is 0 Å². The van der Waals surface area contributed by atoms with E-state index in [0.29, 0.717) is 11.3 Å². The van der Waals surface area contributed by atoms with Crippen LogP contribution in [-0.2, 0) is 13.5 Å². The summed E-state index contributed by atoms with van der Waals surface area (Å²) in [7, 11) is 1.82. The van der Waals surface area contributed by atoms with E-state index in [1.54, 1.807) is 4.68 Å². The van der Waals surface area contributed by atoms with Crippen molar-refractivity contribution in [2.75, 3.05) is 0 Å². The maximum absolute atomic E-state index is 11.9. The van der Waals surface area contributed by atoms with Crippen LogP contribution in [0, 0.1) is 6.92 Å². The highest BCUT2D eigenvalue weighted by molar-refractivity contribution is 9.10. The van der Waals surface area contributed by atoms with Crippen molar-refractivity contribution in [3.8, 4) is 0 Å². The number of halogens is 1. The minimum absolute atomic E-state index is 0.0127. The summed E-state index contributed by atoms with van der Waals surface area (Å²) in [4.78, 5) is 12.4. The number of carbonyl (C=O) groups excluding carboxylic acids is 1. The molecule has 0 aliphatic rings. The number of hydrogen-bond donors (Lipinski definition) is 0. The Morgan fingerprint density at radius 1 is 1.62 bits per heavy atom. The first-order valence-corrected chi connectivity index (χ1v) is 6.14. The lowest BCUT2D eigenvalue weighted by Gasteiger charge is -2.00. The van der Waals surface area contributed by atoms with Crippen molar-refractivity contribution < 1.29 is 4.79 Å². The number of aromatic nitrogens is 4. The summed E-state index contributed by atoms with van der Waals surface area (Å²) in [5.41, 5.74) is 1.75. The zero-order chi connectivity index (χ0) is 11.7. The third-order valence-corrected chi connectivity index (χ3v) is 3.96. The van der Waals surface area contributed by atoms with Crippen molar-refractivity contribution in [2.24, 2.45) is 7.05 Å². The van der Waals surface area contributed by atoms with Crippen molar-refractivity contribution in [1.82, 2.24) is 19.4 Å². The lowest BCUT2D eigenvalue weighted by atomic mass is 10.2. The van der Waals surface area contributed by atoms with Crippen LogP contribution in [0.3, 0.4) is 0 Å². The predicted octanol–water partition coefficient (Wildman–Crippen LogP) is 1.77. The van der Waals surface area contributed by atoms with Gasteiger partial charge in [-0.3, -0.25) is 9.48 Å². The summed E-state index contributed by atoms with van der Waals surface area (Å²) < 4.78 is 6.28. The number of ketones is 1. The molecule has 84 valence electrons. The third-order valence-electron chi connectivity index (χ3n) is 2.23. The lowest BCUT2D eigenvalue weighted by Crippen LogP contribution is -2.07. The van der Waals surface area contributed by atoms with Gasteiger partial charge in [0.15, 0.2) is 5.78 Å². The van der Waals surface area contributed by atoms with E-state index in [4.69, 9.17) is 0 Å². The SMILES string of the molecule is Cc1nn(C)c(CC(=O)c2cnns2)c1Br. The number of carbonyl (C=O) groups is 1. The third kappa shape index (κ3) is 2.05. The molecule has 0 N–H and O–H groups in total. The van der Waals surface area contributed by atoms with E-state index < -0.39 is 0 Å². The molecule has 0 saturated heterocycles. The van der Waals surface area contributed by atoms with Crippen LogP contribution in [-0.4, -0.2) is 25.2 Å². The first-order chi connectivity index (χ1) is 7.59. The molecule has 0 spiro atoms. The highest BCUT2D eigenvalue weighted by atomic mass is 79.9. The molecule has 0 saturated carbocycles. The van der Waals surface area contributed by atoms with E-state index in [9.17, 15) is 4.79 Å². The predicted molar refractivity (Wildman–Crippen MR) is 63.6 cm³/mol. The van der Waals surface area contributed by atoms with Crippen molar-refractivity contribution in [2.45, 2.75) is 13.3 Å². The van der Waals surface area contributed by atoms with Gasteiger partial charge in [0.25, 0.3) is 0 Å². The van der Waals surface area contributed by atoms with Gasteiger partial charge in [-0.1, -0.05) is 4.49 Å². The number of Topliss-reactive ketones (excluding diaryl/α,β-unsaturated/α-hetero) is 1. The number of nitrogens with zero attached hydrogens (tertiary/aromatic N) is 4. The fourth-order valence-electron chi connectivity index (χ4n) is 1.40. The Morgan fingerprint density at radius 3 is 2.88 bits per heavy atom. The maximum atomic E-state index is 11.9. The maximum Gasteiger partial charge on any atom is 0.182 e. The Balaban J connectivity index is 2.25. The molecule has 0 aromatic carbocycles. The van der Waals surface area contributed by atoms with Gasteiger partial charge >= 0.3 is 0 Å². The highest BCUT2D eigenvalue weighted by Gasteiger charge is 2.16. The standard InChI is InChI=1S/C9H9BrN4OS/c1-5-9(10)6(14(2)12-5)3-7(15)8-4-11-13-16-8/h4H,3H2,1-2H3. The molecule has 0 aliphatic heterocycles. The highest BCUT2D eigenvalue weighted by Crippen LogP contribution is 2.22. The van der Waals surface area contributed by atoms with Crippen LogP contribution in [0.25, 0.3) is 0 Å². The summed E-state index contributed by atoms with van der Waals surface area (Å²) >= 11 is 4.54. The normalized spacial score (nSPS) is 10.7. The monoisotopic (exact) mass is 300 g/mol. The van der Waals surface area contributed by atoms with E-state index >= 15 is 0 Å². The molecule has 2 aromatic rings. The summed E-state index contributed by atoms with van der Waals surface area (Å²) in [6.07, 6.45) is 1.80. The van der Waals surface area contributed by atoms with Crippen molar-refractivity contribution in [1.29, 1.82) is 0 Å². The summed E-state index contributed by atoms with van der Waals surface area (Å²) in [6, 6.07) is 0. The Bertz CT molecular complexity index is 520. The quantitative estimate of drug-likeness (QED) is 0.811. The average molecular weight is 301 g/mol. The van der Waals surface area contributed by atoms with Gasteiger partial charge in [-0.2, -0.15) is 5.10 Å². The molecule has 0 radical (unpaired) electrons. The molecule has 5 nitrogen and oxygen atoms in total. The first kappa shape index (κ1) is 11.4. The number of rotatable bonds is 3. The Labute approximate surface area is 105 Å². The van der Waals surface area contributed by atoms with Gasteiger partial charge in [0.2, 0.25) is 0 Å². The van der Waals surface area contributed by atoms with Crippen LogP contribution in [0.4, 0.5) is 0 Å². The molecule has 2 aromatic heterocycles. The minimum Gasteiger partial charge on any atom is -0.293 e. The lowest BCUT2D eigenvalue weighted by molar-refractivity contribution is 0.0994. The molecule has 0 unspecified atom stereocenters. The Kier molecular flexibility index (Phi) is 3.15. The molecule has 0 amide bonds. The van der Waals surface area contributed by atoms with Gasteiger partial charge in [0, 0.05) is 7.05 Å². The van der Waals surface area contributed by atoms with Gasteiger partial charge in [0.1, 0.15) is 4.88 Å². The van der Waals surface area contributed by atoms with E-state index in [1.165, 1.54) is 6.20 Å². The van der Waals surface area contributed by atoms with Crippen molar-refractivity contribution in [3.63, 3.8) is 0 Å².